The Morgan fingerprint density at radius 2 is 2.40 bits per heavy atom. The van der Waals surface area contributed by atoms with Crippen LogP contribution in [-0.2, 0) is 9.53 Å². The molecule has 1 fully saturated rings. The highest BCUT2D eigenvalue weighted by molar-refractivity contribution is 5.71. The van der Waals surface area contributed by atoms with Gasteiger partial charge in [0.2, 0.25) is 0 Å². The third-order valence-electron chi connectivity index (χ3n) is 1.70. The molecular formula is C8H14O2. The van der Waals surface area contributed by atoms with Crippen molar-refractivity contribution in [2.24, 2.45) is 5.92 Å². The molecule has 0 bridgehead atoms. The summed E-state index contributed by atoms with van der Waals surface area (Å²) in [6.45, 7) is 4.29. The molecule has 1 unspecified atom stereocenters. The molecule has 0 aliphatic carbocycles. The lowest BCUT2D eigenvalue weighted by molar-refractivity contribution is -0.141. The Kier molecular flexibility index (Phi) is 2.30. The Labute approximate surface area is 61.6 Å². The van der Waals surface area contributed by atoms with Crippen molar-refractivity contribution in [2.45, 2.75) is 39.2 Å². The average molecular weight is 142 g/mol. The van der Waals surface area contributed by atoms with Crippen molar-refractivity contribution in [1.82, 2.24) is 0 Å². The maximum atomic E-state index is 10.6. The number of rotatable bonds is 2. The molecule has 1 aliphatic heterocycles. The van der Waals surface area contributed by atoms with E-state index in [-0.39, 0.29) is 12.1 Å². The van der Waals surface area contributed by atoms with Crippen LogP contribution >= 0.6 is 0 Å². The Hall–Kier alpha value is -0.530. The first-order valence-electron chi connectivity index (χ1n) is 3.88. The molecule has 1 atom stereocenters. The van der Waals surface area contributed by atoms with Crippen molar-refractivity contribution in [2.75, 3.05) is 0 Å². The molecule has 0 saturated carbocycles. The van der Waals surface area contributed by atoms with Crippen molar-refractivity contribution in [3.8, 4) is 0 Å². The lowest BCUT2D eigenvalue weighted by atomic mass is 10.0. The summed E-state index contributed by atoms with van der Waals surface area (Å²) in [5.74, 6) is 0.613. The normalized spacial score (nSPS) is 25.5. The number of ether oxygens (including phenoxy) is 1. The van der Waals surface area contributed by atoms with E-state index < -0.39 is 0 Å². The standard InChI is InChI=1S/C8H14O2/c1-6(2)5-7-3-4-8(9)10-7/h6-7H,3-5H2,1-2H3. The molecule has 0 radical (unpaired) electrons. The third kappa shape index (κ3) is 2.01. The van der Waals surface area contributed by atoms with Crippen LogP contribution in [0.3, 0.4) is 0 Å². The molecule has 0 aromatic heterocycles. The largest absolute Gasteiger partial charge is 0.462 e. The number of hydrogen-bond acceptors (Lipinski definition) is 2. The predicted molar refractivity (Wildman–Crippen MR) is 38.6 cm³/mol. The highest BCUT2D eigenvalue weighted by Crippen LogP contribution is 2.20. The summed E-state index contributed by atoms with van der Waals surface area (Å²) in [5.41, 5.74) is 0. The Bertz CT molecular complexity index is 129. The van der Waals surface area contributed by atoms with E-state index in [2.05, 4.69) is 13.8 Å². The lowest BCUT2D eigenvalue weighted by Crippen LogP contribution is -2.09. The molecule has 1 aliphatic rings. The van der Waals surface area contributed by atoms with E-state index in [1.807, 2.05) is 0 Å². The molecule has 2 heteroatoms. The van der Waals surface area contributed by atoms with Gasteiger partial charge in [-0.3, -0.25) is 4.79 Å². The van der Waals surface area contributed by atoms with Crippen LogP contribution in [-0.4, -0.2) is 12.1 Å². The van der Waals surface area contributed by atoms with Gasteiger partial charge in [-0.1, -0.05) is 13.8 Å². The minimum Gasteiger partial charge on any atom is -0.462 e. The molecule has 0 amide bonds. The minimum atomic E-state index is -0.0225. The Morgan fingerprint density at radius 3 is 2.80 bits per heavy atom. The fourth-order valence-electron chi connectivity index (χ4n) is 1.27. The zero-order valence-electron chi connectivity index (χ0n) is 6.59. The van der Waals surface area contributed by atoms with Gasteiger partial charge < -0.3 is 4.74 Å². The fraction of sp³-hybridized carbons (Fsp3) is 0.875. The van der Waals surface area contributed by atoms with Crippen LogP contribution < -0.4 is 0 Å². The number of esters is 1. The maximum absolute atomic E-state index is 10.6. The van der Waals surface area contributed by atoms with Gasteiger partial charge in [-0.2, -0.15) is 0 Å². The van der Waals surface area contributed by atoms with Crippen molar-refractivity contribution < 1.29 is 9.53 Å². The summed E-state index contributed by atoms with van der Waals surface area (Å²) in [5, 5.41) is 0. The zero-order valence-corrected chi connectivity index (χ0v) is 6.59. The van der Waals surface area contributed by atoms with Crippen molar-refractivity contribution in [1.29, 1.82) is 0 Å². The van der Waals surface area contributed by atoms with Gasteiger partial charge in [0.1, 0.15) is 6.10 Å². The highest BCUT2D eigenvalue weighted by Gasteiger charge is 2.23. The Morgan fingerprint density at radius 1 is 1.70 bits per heavy atom. The molecule has 0 spiro atoms. The van der Waals surface area contributed by atoms with Crippen molar-refractivity contribution >= 4 is 5.97 Å². The minimum absolute atomic E-state index is 0.0225. The second-order valence-corrected chi connectivity index (χ2v) is 3.28. The monoisotopic (exact) mass is 142 g/mol. The smallest absolute Gasteiger partial charge is 0.306 e. The molecule has 58 valence electrons. The van der Waals surface area contributed by atoms with Gasteiger partial charge >= 0.3 is 5.97 Å². The second-order valence-electron chi connectivity index (χ2n) is 3.28. The van der Waals surface area contributed by atoms with Gasteiger partial charge in [-0.05, 0) is 18.8 Å². The second kappa shape index (κ2) is 3.04. The van der Waals surface area contributed by atoms with E-state index in [0.717, 1.165) is 12.8 Å². The summed E-state index contributed by atoms with van der Waals surface area (Å²) in [6, 6.07) is 0. The number of cyclic esters (lactones) is 1. The number of carbonyl (C=O) groups is 1. The third-order valence-corrected chi connectivity index (χ3v) is 1.70. The first kappa shape index (κ1) is 7.58. The molecule has 1 rings (SSSR count). The van der Waals surface area contributed by atoms with Gasteiger partial charge in [0.15, 0.2) is 0 Å². The van der Waals surface area contributed by atoms with E-state index in [1.165, 1.54) is 0 Å². The van der Waals surface area contributed by atoms with Crippen molar-refractivity contribution in [3.63, 3.8) is 0 Å². The molecule has 0 aromatic carbocycles. The summed E-state index contributed by atoms with van der Waals surface area (Å²) >= 11 is 0. The van der Waals surface area contributed by atoms with Gasteiger partial charge in [0.05, 0.1) is 0 Å². The van der Waals surface area contributed by atoms with E-state index in [1.54, 1.807) is 0 Å². The fourth-order valence-corrected chi connectivity index (χ4v) is 1.27. The molecule has 0 N–H and O–H groups in total. The van der Waals surface area contributed by atoms with Crippen LogP contribution in [0.5, 0.6) is 0 Å². The summed E-state index contributed by atoms with van der Waals surface area (Å²) in [7, 11) is 0. The number of hydrogen-bond donors (Lipinski definition) is 0. The van der Waals surface area contributed by atoms with E-state index in [0.29, 0.717) is 12.3 Å². The highest BCUT2D eigenvalue weighted by atomic mass is 16.5. The Balaban J connectivity index is 2.24. The van der Waals surface area contributed by atoms with Crippen LogP contribution in [0.15, 0.2) is 0 Å². The number of carbonyl (C=O) groups excluding carboxylic acids is 1. The topological polar surface area (TPSA) is 26.3 Å². The lowest BCUT2D eigenvalue weighted by Gasteiger charge is -2.10. The van der Waals surface area contributed by atoms with Crippen LogP contribution in [0.4, 0.5) is 0 Å². The predicted octanol–water partition coefficient (Wildman–Crippen LogP) is 1.74. The van der Waals surface area contributed by atoms with E-state index in [4.69, 9.17) is 4.74 Å². The van der Waals surface area contributed by atoms with Gasteiger partial charge in [-0.15, -0.1) is 0 Å². The molecule has 2 nitrogen and oxygen atoms in total. The van der Waals surface area contributed by atoms with Crippen molar-refractivity contribution in [3.05, 3.63) is 0 Å². The average Bonchev–Trinajstić information content (AvgIpc) is 2.13. The zero-order chi connectivity index (χ0) is 7.56. The molecule has 1 saturated heterocycles. The first-order valence-corrected chi connectivity index (χ1v) is 3.88. The van der Waals surface area contributed by atoms with Crippen LogP contribution in [0.2, 0.25) is 0 Å². The molecule has 1 heterocycles. The van der Waals surface area contributed by atoms with Gasteiger partial charge in [-0.25, -0.2) is 0 Å². The van der Waals surface area contributed by atoms with E-state index >= 15 is 0 Å². The summed E-state index contributed by atoms with van der Waals surface area (Å²) in [4.78, 5) is 10.6. The maximum Gasteiger partial charge on any atom is 0.306 e. The van der Waals surface area contributed by atoms with Crippen LogP contribution in [0.1, 0.15) is 33.1 Å². The molecule has 10 heavy (non-hydrogen) atoms. The first-order chi connectivity index (χ1) is 4.68. The van der Waals surface area contributed by atoms with Gasteiger partial charge in [0, 0.05) is 6.42 Å². The quantitative estimate of drug-likeness (QED) is 0.549. The molecule has 0 aromatic rings. The molecular weight excluding hydrogens is 128 g/mol. The SMILES string of the molecule is CC(C)CC1CCC(=O)O1. The van der Waals surface area contributed by atoms with E-state index in [9.17, 15) is 4.79 Å². The van der Waals surface area contributed by atoms with Crippen LogP contribution in [0, 0.1) is 5.92 Å². The van der Waals surface area contributed by atoms with Gasteiger partial charge in [0.25, 0.3) is 0 Å². The van der Waals surface area contributed by atoms with Crippen LogP contribution in [0.25, 0.3) is 0 Å². The summed E-state index contributed by atoms with van der Waals surface area (Å²) in [6.07, 6.45) is 2.78. The summed E-state index contributed by atoms with van der Waals surface area (Å²) < 4.78 is 5.03.